The van der Waals surface area contributed by atoms with Gasteiger partial charge in [-0.2, -0.15) is 0 Å². The fourth-order valence-corrected chi connectivity index (χ4v) is 5.69. The summed E-state index contributed by atoms with van der Waals surface area (Å²) >= 11 is 3.53. The average Bonchev–Trinajstić information content (AvgIpc) is 3.43. The van der Waals surface area contributed by atoms with Gasteiger partial charge in [0.25, 0.3) is 0 Å². The van der Waals surface area contributed by atoms with Gasteiger partial charge in [-0.15, -0.1) is 0 Å². The molecule has 184 valence electrons. The first-order chi connectivity index (χ1) is 18.2. The van der Waals surface area contributed by atoms with E-state index >= 15 is 0 Å². The first-order valence-corrected chi connectivity index (χ1v) is 13.3. The quantitative estimate of drug-likeness (QED) is 0.191. The maximum absolute atomic E-state index is 14.0. The Hall–Kier alpha value is -3.70. The number of ether oxygens (including phenoxy) is 1. The number of rotatable bonds is 6. The third-order valence-corrected chi connectivity index (χ3v) is 7.68. The highest BCUT2D eigenvalue weighted by atomic mass is 79.9. The van der Waals surface area contributed by atoms with Crippen LogP contribution in [0, 0.1) is 11.7 Å². The molecule has 3 nitrogen and oxygen atoms in total. The van der Waals surface area contributed by atoms with Crippen LogP contribution in [0.4, 0.5) is 15.8 Å². The molecule has 0 saturated heterocycles. The molecule has 1 aliphatic heterocycles. The van der Waals surface area contributed by atoms with Gasteiger partial charge in [-0.25, -0.2) is 4.39 Å². The maximum Gasteiger partial charge on any atom is 0.129 e. The molecule has 0 saturated carbocycles. The first-order valence-electron chi connectivity index (χ1n) is 12.5. The number of allylic oxidation sites excluding steroid dienone is 2. The Labute approximate surface area is 224 Å². The van der Waals surface area contributed by atoms with E-state index in [2.05, 4.69) is 81.9 Å². The molecule has 4 aromatic rings. The summed E-state index contributed by atoms with van der Waals surface area (Å²) in [4.78, 5) is 4.71. The fraction of sp³-hybridized carbons (Fsp3) is 0.156. The highest BCUT2D eigenvalue weighted by Gasteiger charge is 2.37. The molecular weight excluding hydrogens is 527 g/mol. The van der Waals surface area contributed by atoms with Crippen molar-refractivity contribution < 1.29 is 9.13 Å². The molecule has 0 fully saturated rings. The minimum absolute atomic E-state index is 0.151. The third-order valence-electron chi connectivity index (χ3n) is 7.19. The van der Waals surface area contributed by atoms with Crippen LogP contribution >= 0.6 is 15.9 Å². The summed E-state index contributed by atoms with van der Waals surface area (Å²) < 4.78 is 20.9. The van der Waals surface area contributed by atoms with E-state index in [9.17, 15) is 4.39 Å². The number of nitrogens with zero attached hydrogens (tertiary/aromatic N) is 1. The number of nitrogens with one attached hydrogen (secondary N) is 1. The van der Waals surface area contributed by atoms with Gasteiger partial charge in [0.2, 0.25) is 0 Å². The molecule has 37 heavy (non-hydrogen) atoms. The van der Waals surface area contributed by atoms with Gasteiger partial charge in [0.05, 0.1) is 11.7 Å². The Kier molecular flexibility index (Phi) is 6.62. The Morgan fingerprint density at radius 1 is 0.973 bits per heavy atom. The third kappa shape index (κ3) is 4.96. The number of hydrogen-bond acceptors (Lipinski definition) is 3. The van der Waals surface area contributed by atoms with Gasteiger partial charge in [0, 0.05) is 33.4 Å². The monoisotopic (exact) mass is 552 g/mol. The Balaban J connectivity index is 1.19. The van der Waals surface area contributed by atoms with E-state index in [4.69, 9.17) is 9.73 Å². The van der Waals surface area contributed by atoms with E-state index in [1.54, 1.807) is 24.4 Å². The van der Waals surface area contributed by atoms with Crippen molar-refractivity contribution in [3.63, 3.8) is 0 Å². The standard InChI is InChI=1S/C32H26BrFN2O/c33-24-14-17-31(37-20-22-6-1-3-10-29(22)34)23(18-24)19-35-25-15-12-21(13-16-25)32-28-9-5-8-26(28)27-7-2-4-11-30(27)36-32/h1-8,10-19,26,28,32,36H,9,20H2/t26-,28+,32+/m1/s1. The zero-order valence-electron chi connectivity index (χ0n) is 20.1. The Morgan fingerprint density at radius 2 is 1.78 bits per heavy atom. The van der Waals surface area contributed by atoms with Crippen LogP contribution in [-0.4, -0.2) is 6.21 Å². The van der Waals surface area contributed by atoms with Crippen LogP contribution in [0.15, 0.2) is 113 Å². The van der Waals surface area contributed by atoms with Gasteiger partial charge in [-0.1, -0.05) is 76.6 Å². The van der Waals surface area contributed by atoms with E-state index < -0.39 is 0 Å². The minimum Gasteiger partial charge on any atom is -0.488 e. The molecule has 5 heteroatoms. The van der Waals surface area contributed by atoms with Crippen LogP contribution in [0.5, 0.6) is 5.75 Å². The van der Waals surface area contributed by atoms with Gasteiger partial charge in [0.1, 0.15) is 18.2 Å². The minimum atomic E-state index is -0.273. The van der Waals surface area contributed by atoms with Crippen molar-refractivity contribution in [1.82, 2.24) is 0 Å². The molecule has 1 N–H and O–H groups in total. The number of aliphatic imine (C=N–C) groups is 1. The van der Waals surface area contributed by atoms with E-state index in [1.807, 2.05) is 18.2 Å². The molecule has 6 rings (SSSR count). The summed E-state index contributed by atoms with van der Waals surface area (Å²) in [6.07, 6.45) is 7.55. The molecule has 0 unspecified atom stereocenters. The molecule has 0 aromatic heterocycles. The highest BCUT2D eigenvalue weighted by molar-refractivity contribution is 9.10. The van der Waals surface area contributed by atoms with Crippen molar-refractivity contribution in [3.8, 4) is 5.75 Å². The topological polar surface area (TPSA) is 33.6 Å². The van der Waals surface area contributed by atoms with Crippen LogP contribution in [-0.2, 0) is 6.61 Å². The number of benzene rings is 4. The highest BCUT2D eigenvalue weighted by Crippen LogP contribution is 2.49. The summed E-state index contributed by atoms with van der Waals surface area (Å²) in [5.74, 6) is 1.35. The van der Waals surface area contributed by atoms with E-state index in [1.165, 1.54) is 22.9 Å². The van der Waals surface area contributed by atoms with E-state index in [0.717, 1.165) is 22.1 Å². The largest absolute Gasteiger partial charge is 0.488 e. The fourth-order valence-electron chi connectivity index (χ4n) is 5.31. The summed E-state index contributed by atoms with van der Waals surface area (Å²) in [6, 6.07) is 29.7. The SMILES string of the molecule is Fc1ccccc1COc1ccc(Br)cc1C=Nc1ccc([C@@H]2Nc3ccccc3[C@H]3C=CC[C@@H]32)cc1. The molecule has 1 aliphatic carbocycles. The number of fused-ring (bicyclic) bond motifs is 3. The molecule has 4 aromatic carbocycles. The number of halogens is 2. The van der Waals surface area contributed by atoms with Crippen molar-refractivity contribution >= 4 is 33.5 Å². The van der Waals surface area contributed by atoms with Gasteiger partial charge in [-0.3, -0.25) is 4.99 Å². The Morgan fingerprint density at radius 3 is 2.65 bits per heavy atom. The average molecular weight is 553 g/mol. The lowest BCUT2D eigenvalue weighted by molar-refractivity contribution is 0.299. The second kappa shape index (κ2) is 10.3. The molecule has 0 amide bonds. The lowest BCUT2D eigenvalue weighted by atomic mass is 9.77. The van der Waals surface area contributed by atoms with Gasteiger partial charge >= 0.3 is 0 Å². The second-order valence-electron chi connectivity index (χ2n) is 9.47. The lowest BCUT2D eigenvalue weighted by Gasteiger charge is -2.37. The van der Waals surface area contributed by atoms with Crippen molar-refractivity contribution in [2.24, 2.45) is 10.9 Å². The van der Waals surface area contributed by atoms with Crippen LogP contribution in [0.1, 0.15) is 40.6 Å². The van der Waals surface area contributed by atoms with Crippen molar-refractivity contribution in [3.05, 3.63) is 136 Å². The molecule has 3 atom stereocenters. The lowest BCUT2D eigenvalue weighted by Crippen LogP contribution is -2.28. The summed E-state index contributed by atoms with van der Waals surface area (Å²) in [5.41, 5.74) is 6.08. The molecule has 0 spiro atoms. The smallest absolute Gasteiger partial charge is 0.129 e. The predicted octanol–water partition coefficient (Wildman–Crippen LogP) is 8.74. The number of hydrogen-bond donors (Lipinski definition) is 1. The maximum atomic E-state index is 14.0. The molecule has 0 radical (unpaired) electrons. The second-order valence-corrected chi connectivity index (χ2v) is 10.4. The van der Waals surface area contributed by atoms with Crippen molar-refractivity contribution in [1.29, 1.82) is 0 Å². The predicted molar refractivity (Wildman–Crippen MR) is 151 cm³/mol. The van der Waals surface area contributed by atoms with E-state index in [-0.39, 0.29) is 18.5 Å². The van der Waals surface area contributed by atoms with Crippen molar-refractivity contribution in [2.45, 2.75) is 25.0 Å². The molecular formula is C32H26BrFN2O. The van der Waals surface area contributed by atoms with Crippen LogP contribution < -0.4 is 10.1 Å². The summed E-state index contributed by atoms with van der Waals surface area (Å²) in [5, 5.41) is 3.78. The normalized spacial score (nSPS) is 19.9. The molecule has 1 heterocycles. The number of anilines is 1. The first kappa shape index (κ1) is 23.7. The summed E-state index contributed by atoms with van der Waals surface area (Å²) in [6.45, 7) is 0.151. The van der Waals surface area contributed by atoms with Gasteiger partial charge in [0.15, 0.2) is 0 Å². The summed E-state index contributed by atoms with van der Waals surface area (Å²) in [7, 11) is 0. The van der Waals surface area contributed by atoms with Crippen LogP contribution in [0.3, 0.4) is 0 Å². The Bertz CT molecular complexity index is 1480. The van der Waals surface area contributed by atoms with E-state index in [0.29, 0.717) is 23.1 Å². The van der Waals surface area contributed by atoms with Gasteiger partial charge < -0.3 is 10.1 Å². The molecule has 2 aliphatic rings. The number of para-hydroxylation sites is 1. The van der Waals surface area contributed by atoms with Crippen LogP contribution in [0.2, 0.25) is 0 Å². The van der Waals surface area contributed by atoms with Gasteiger partial charge in [-0.05, 0) is 65.9 Å². The molecule has 0 bridgehead atoms. The zero-order valence-corrected chi connectivity index (χ0v) is 21.7. The van der Waals surface area contributed by atoms with Crippen LogP contribution in [0.25, 0.3) is 0 Å². The van der Waals surface area contributed by atoms with Crippen molar-refractivity contribution in [2.75, 3.05) is 5.32 Å². The zero-order chi connectivity index (χ0) is 25.2.